The Bertz CT molecular complexity index is 1080. The van der Waals surface area contributed by atoms with Crippen molar-refractivity contribution in [3.05, 3.63) is 64.4 Å². The van der Waals surface area contributed by atoms with Crippen LogP contribution in [0.15, 0.2) is 53.3 Å². The van der Waals surface area contributed by atoms with Crippen molar-refractivity contribution in [1.82, 2.24) is 9.78 Å². The molecule has 0 spiro atoms. The van der Waals surface area contributed by atoms with Crippen molar-refractivity contribution in [2.75, 3.05) is 18.5 Å². The highest BCUT2D eigenvalue weighted by Gasteiger charge is 2.17. The van der Waals surface area contributed by atoms with Crippen molar-refractivity contribution >= 4 is 27.5 Å². The summed E-state index contributed by atoms with van der Waals surface area (Å²) in [6, 6.07) is 9.85. The van der Waals surface area contributed by atoms with Crippen molar-refractivity contribution in [1.29, 1.82) is 0 Å². The van der Waals surface area contributed by atoms with Gasteiger partial charge in [-0.1, -0.05) is 22.0 Å². The van der Waals surface area contributed by atoms with E-state index in [1.54, 1.807) is 10.9 Å². The Kier molecular flexibility index (Phi) is 8.04. The predicted octanol–water partition coefficient (Wildman–Crippen LogP) is 5.35. The lowest BCUT2D eigenvalue weighted by molar-refractivity contribution is -0.0501. The van der Waals surface area contributed by atoms with E-state index in [-0.39, 0.29) is 11.3 Å². The first-order chi connectivity index (χ1) is 15.4. The van der Waals surface area contributed by atoms with Crippen LogP contribution < -0.4 is 19.5 Å². The maximum Gasteiger partial charge on any atom is 0.387 e. The van der Waals surface area contributed by atoms with Crippen LogP contribution in [0.5, 0.6) is 17.2 Å². The van der Waals surface area contributed by atoms with E-state index in [4.69, 9.17) is 9.47 Å². The van der Waals surface area contributed by atoms with Crippen LogP contribution in [0, 0.1) is 0 Å². The Hall–Kier alpha value is -3.14. The highest BCUT2D eigenvalue weighted by atomic mass is 79.9. The van der Waals surface area contributed by atoms with Gasteiger partial charge < -0.3 is 19.5 Å². The van der Waals surface area contributed by atoms with E-state index in [2.05, 4.69) is 31.1 Å². The Morgan fingerprint density at radius 3 is 2.53 bits per heavy atom. The number of carbonyl (C=O) groups excluding carboxylic acids is 1. The van der Waals surface area contributed by atoms with Gasteiger partial charge >= 0.3 is 6.61 Å². The number of amides is 1. The minimum absolute atomic E-state index is 0.0275. The molecular weight excluding hydrogens is 488 g/mol. The summed E-state index contributed by atoms with van der Waals surface area (Å²) in [4.78, 5) is 12.6. The van der Waals surface area contributed by atoms with Crippen LogP contribution in [0.3, 0.4) is 0 Å². The Morgan fingerprint density at radius 2 is 1.81 bits per heavy atom. The van der Waals surface area contributed by atoms with Crippen LogP contribution in [0.25, 0.3) is 0 Å². The fourth-order valence-electron chi connectivity index (χ4n) is 2.97. The molecule has 170 valence electrons. The molecule has 3 rings (SSSR count). The van der Waals surface area contributed by atoms with Crippen molar-refractivity contribution in [2.45, 2.75) is 27.0 Å². The number of nitrogens with zero attached hydrogens (tertiary/aromatic N) is 2. The molecule has 0 saturated carbocycles. The lowest BCUT2D eigenvalue weighted by atomic mass is 10.2. The molecule has 0 atom stereocenters. The Labute approximate surface area is 192 Å². The second-order valence-corrected chi connectivity index (χ2v) is 7.46. The van der Waals surface area contributed by atoms with E-state index < -0.39 is 12.5 Å². The van der Waals surface area contributed by atoms with Gasteiger partial charge in [0.1, 0.15) is 5.75 Å². The summed E-state index contributed by atoms with van der Waals surface area (Å²) < 4.78 is 43.2. The molecular formula is C22H22BrF2N3O4. The van der Waals surface area contributed by atoms with Crippen LogP contribution in [-0.4, -0.2) is 35.5 Å². The van der Waals surface area contributed by atoms with Crippen LogP contribution in [-0.2, 0) is 6.54 Å². The molecule has 3 aromatic rings. The summed E-state index contributed by atoms with van der Waals surface area (Å²) in [5, 5.41) is 6.90. The fourth-order valence-corrected chi connectivity index (χ4v) is 3.33. The Morgan fingerprint density at radius 1 is 1.09 bits per heavy atom. The number of aromatic nitrogens is 2. The highest BCUT2D eigenvalue weighted by Crippen LogP contribution is 2.29. The zero-order chi connectivity index (χ0) is 23.1. The zero-order valence-electron chi connectivity index (χ0n) is 17.5. The molecule has 10 heteroatoms. The number of benzene rings is 2. The van der Waals surface area contributed by atoms with E-state index in [1.807, 2.05) is 32.0 Å². The lowest BCUT2D eigenvalue weighted by Crippen LogP contribution is -2.15. The first kappa shape index (κ1) is 23.5. The summed E-state index contributed by atoms with van der Waals surface area (Å²) in [5.74, 6) is 0.503. The van der Waals surface area contributed by atoms with Gasteiger partial charge in [0.25, 0.3) is 5.91 Å². The monoisotopic (exact) mass is 509 g/mol. The normalized spacial score (nSPS) is 10.8. The number of halogens is 3. The molecule has 1 heterocycles. The van der Waals surface area contributed by atoms with Gasteiger partial charge in [-0.2, -0.15) is 13.9 Å². The third kappa shape index (κ3) is 6.19. The number of rotatable bonds is 10. The molecule has 1 amide bonds. The first-order valence-electron chi connectivity index (χ1n) is 9.86. The van der Waals surface area contributed by atoms with Gasteiger partial charge in [-0.05, 0) is 49.7 Å². The molecule has 0 unspecified atom stereocenters. The number of alkyl halides is 2. The molecule has 0 saturated heterocycles. The minimum atomic E-state index is -3.04. The molecule has 32 heavy (non-hydrogen) atoms. The van der Waals surface area contributed by atoms with E-state index in [0.29, 0.717) is 41.4 Å². The van der Waals surface area contributed by atoms with E-state index in [9.17, 15) is 13.6 Å². The minimum Gasteiger partial charge on any atom is -0.490 e. The third-order valence-corrected chi connectivity index (χ3v) is 4.74. The van der Waals surface area contributed by atoms with Crippen molar-refractivity contribution in [3.63, 3.8) is 0 Å². The Balaban J connectivity index is 1.72. The largest absolute Gasteiger partial charge is 0.490 e. The topological polar surface area (TPSA) is 74.6 Å². The second-order valence-electron chi connectivity index (χ2n) is 6.55. The quantitative estimate of drug-likeness (QED) is 0.399. The summed E-state index contributed by atoms with van der Waals surface area (Å²) in [6.07, 6.45) is 3.11. The number of nitrogens with one attached hydrogen (secondary N) is 1. The standard InChI is InChI=1S/C22H22BrF2N3O4/c1-3-30-19-7-5-14(9-20(19)31-4-2)12-28-13-16(11-26-28)27-21(29)17-10-15(23)6-8-18(17)32-22(24)25/h5-11,13,22H,3-4,12H2,1-2H3,(H,27,29). The van der Waals surface area contributed by atoms with Crippen molar-refractivity contribution < 1.29 is 27.8 Å². The van der Waals surface area contributed by atoms with Crippen molar-refractivity contribution in [3.8, 4) is 17.2 Å². The fraction of sp³-hybridized carbons (Fsp3) is 0.273. The van der Waals surface area contributed by atoms with Crippen LogP contribution in [0.2, 0.25) is 0 Å². The smallest absolute Gasteiger partial charge is 0.387 e. The summed E-state index contributed by atoms with van der Waals surface area (Å²) in [7, 11) is 0. The van der Waals surface area contributed by atoms with E-state index in [0.717, 1.165) is 5.56 Å². The number of carbonyl (C=O) groups is 1. The molecule has 0 aliphatic heterocycles. The SMILES string of the molecule is CCOc1ccc(Cn2cc(NC(=O)c3cc(Br)ccc3OC(F)F)cn2)cc1OCC. The van der Waals surface area contributed by atoms with Gasteiger partial charge in [-0.3, -0.25) is 9.48 Å². The molecule has 0 fully saturated rings. The number of hydrogen-bond acceptors (Lipinski definition) is 5. The maximum absolute atomic E-state index is 12.7. The van der Waals surface area contributed by atoms with E-state index in [1.165, 1.54) is 24.4 Å². The van der Waals surface area contributed by atoms with Gasteiger partial charge in [-0.15, -0.1) is 0 Å². The molecule has 0 bridgehead atoms. The maximum atomic E-state index is 12.7. The molecule has 1 N–H and O–H groups in total. The molecule has 0 aliphatic rings. The van der Waals surface area contributed by atoms with Gasteiger partial charge in [0, 0.05) is 10.7 Å². The molecule has 7 nitrogen and oxygen atoms in total. The third-order valence-electron chi connectivity index (χ3n) is 4.25. The number of ether oxygens (including phenoxy) is 3. The van der Waals surface area contributed by atoms with E-state index >= 15 is 0 Å². The average molecular weight is 510 g/mol. The number of anilines is 1. The van der Waals surface area contributed by atoms with Crippen LogP contribution in [0.4, 0.5) is 14.5 Å². The molecule has 2 aromatic carbocycles. The van der Waals surface area contributed by atoms with Gasteiger partial charge in [-0.25, -0.2) is 0 Å². The van der Waals surface area contributed by atoms with Gasteiger partial charge in [0.15, 0.2) is 11.5 Å². The predicted molar refractivity (Wildman–Crippen MR) is 119 cm³/mol. The zero-order valence-corrected chi connectivity index (χ0v) is 19.1. The second kappa shape index (κ2) is 10.9. The average Bonchev–Trinajstić information content (AvgIpc) is 3.18. The highest BCUT2D eigenvalue weighted by molar-refractivity contribution is 9.10. The van der Waals surface area contributed by atoms with Gasteiger partial charge in [0.2, 0.25) is 0 Å². The molecule has 1 aromatic heterocycles. The van der Waals surface area contributed by atoms with Crippen LogP contribution in [0.1, 0.15) is 29.8 Å². The summed E-state index contributed by atoms with van der Waals surface area (Å²) in [5.41, 5.74) is 1.31. The molecule has 0 aliphatic carbocycles. The van der Waals surface area contributed by atoms with Crippen LogP contribution >= 0.6 is 15.9 Å². The first-order valence-corrected chi connectivity index (χ1v) is 10.7. The van der Waals surface area contributed by atoms with Crippen molar-refractivity contribution in [2.24, 2.45) is 0 Å². The number of hydrogen-bond donors (Lipinski definition) is 1. The summed E-state index contributed by atoms with van der Waals surface area (Å²) in [6.45, 7) is 2.23. The summed E-state index contributed by atoms with van der Waals surface area (Å²) >= 11 is 3.23. The van der Waals surface area contributed by atoms with Gasteiger partial charge in [0.05, 0.1) is 37.2 Å². The lowest BCUT2D eigenvalue weighted by Gasteiger charge is -2.12. The molecule has 0 radical (unpaired) electrons.